The first-order valence-electron chi connectivity index (χ1n) is 6.00. The van der Waals surface area contributed by atoms with Crippen LogP contribution in [0.1, 0.15) is 36.4 Å². The Morgan fingerprint density at radius 2 is 1.89 bits per heavy atom. The van der Waals surface area contributed by atoms with Crippen LogP contribution in [0.15, 0.2) is 18.2 Å². The minimum atomic E-state index is -4.44. The van der Waals surface area contributed by atoms with Crippen LogP contribution < -0.4 is 0 Å². The van der Waals surface area contributed by atoms with Crippen molar-refractivity contribution in [2.75, 3.05) is 0 Å². The zero-order valence-corrected chi connectivity index (χ0v) is 10.6. The maximum atomic E-state index is 13.0. The van der Waals surface area contributed by atoms with Gasteiger partial charge in [-0.25, -0.2) is 9.97 Å². The number of fused-ring (bicyclic) bond motifs is 1. The Morgan fingerprint density at radius 3 is 2.47 bits per heavy atom. The van der Waals surface area contributed by atoms with Crippen molar-refractivity contribution in [1.29, 1.82) is 0 Å². The molecule has 1 aliphatic carbocycles. The van der Waals surface area contributed by atoms with Crippen LogP contribution in [0.3, 0.4) is 0 Å². The predicted octanol–water partition coefficient (Wildman–Crippen LogP) is 4.57. The summed E-state index contributed by atoms with van der Waals surface area (Å²) in [5, 5.41) is 0.343. The van der Waals surface area contributed by atoms with Crippen LogP contribution in [0.5, 0.6) is 0 Å². The monoisotopic (exact) mass is 286 g/mol. The molecule has 2 aromatic rings. The van der Waals surface area contributed by atoms with Crippen molar-refractivity contribution >= 4 is 22.5 Å². The molecule has 0 bridgehead atoms. The lowest BCUT2D eigenvalue weighted by Crippen LogP contribution is -2.13. The lowest BCUT2D eigenvalue weighted by Gasteiger charge is -2.26. The van der Waals surface area contributed by atoms with Crippen molar-refractivity contribution in [2.24, 2.45) is 0 Å². The number of hydrogen-bond acceptors (Lipinski definition) is 2. The quantitative estimate of drug-likeness (QED) is 0.718. The average Bonchev–Trinajstić information content (AvgIpc) is 2.24. The highest BCUT2D eigenvalue weighted by Crippen LogP contribution is 2.41. The molecule has 1 aromatic carbocycles. The molecule has 0 atom stereocenters. The zero-order chi connectivity index (χ0) is 13.6. The second-order valence-corrected chi connectivity index (χ2v) is 5.04. The van der Waals surface area contributed by atoms with Gasteiger partial charge in [0.05, 0.1) is 16.8 Å². The number of para-hydroxylation sites is 1. The molecule has 1 saturated carbocycles. The molecule has 0 radical (unpaired) electrons. The molecule has 19 heavy (non-hydrogen) atoms. The molecule has 2 nitrogen and oxygen atoms in total. The van der Waals surface area contributed by atoms with E-state index in [1.54, 1.807) is 6.07 Å². The lowest BCUT2D eigenvalue weighted by atomic mass is 9.81. The third-order valence-corrected chi connectivity index (χ3v) is 3.70. The van der Waals surface area contributed by atoms with Crippen LogP contribution >= 0.6 is 11.6 Å². The van der Waals surface area contributed by atoms with Crippen molar-refractivity contribution < 1.29 is 13.2 Å². The number of rotatable bonds is 1. The number of aromatic nitrogens is 2. The van der Waals surface area contributed by atoms with Crippen LogP contribution in [0, 0.1) is 0 Å². The van der Waals surface area contributed by atoms with Crippen LogP contribution in [-0.4, -0.2) is 9.97 Å². The topological polar surface area (TPSA) is 25.8 Å². The first kappa shape index (κ1) is 12.7. The summed E-state index contributed by atoms with van der Waals surface area (Å²) in [5.41, 5.74) is -0.209. The molecule has 100 valence electrons. The maximum Gasteiger partial charge on any atom is 0.418 e. The van der Waals surface area contributed by atoms with E-state index in [0.29, 0.717) is 11.1 Å². The fourth-order valence-electron chi connectivity index (χ4n) is 2.37. The SMILES string of the molecule is FC(F)(F)c1cccc2c(C3CCC3)nc(Cl)nc12. The Kier molecular flexibility index (Phi) is 2.89. The standard InChI is InChI=1S/C13H10ClF3N2/c14-12-18-10(7-3-1-4-7)8-5-2-6-9(11(8)19-12)13(15,16)17/h2,5-7H,1,3-4H2. The predicted molar refractivity (Wildman–Crippen MR) is 66.1 cm³/mol. The zero-order valence-electron chi connectivity index (χ0n) is 9.84. The van der Waals surface area contributed by atoms with Crippen LogP contribution in [0.25, 0.3) is 10.9 Å². The van der Waals surface area contributed by atoms with E-state index in [-0.39, 0.29) is 16.7 Å². The largest absolute Gasteiger partial charge is 0.418 e. The van der Waals surface area contributed by atoms with Gasteiger partial charge in [0.1, 0.15) is 0 Å². The second-order valence-electron chi connectivity index (χ2n) is 4.71. The summed E-state index contributed by atoms with van der Waals surface area (Å²) in [5.74, 6) is 0.200. The van der Waals surface area contributed by atoms with Gasteiger partial charge in [0, 0.05) is 11.3 Å². The molecule has 6 heteroatoms. The van der Waals surface area contributed by atoms with Gasteiger partial charge in [0.25, 0.3) is 0 Å². The average molecular weight is 287 g/mol. The molecule has 1 heterocycles. The third kappa shape index (κ3) is 2.16. The number of nitrogens with zero attached hydrogens (tertiary/aromatic N) is 2. The van der Waals surface area contributed by atoms with Gasteiger partial charge in [-0.15, -0.1) is 0 Å². The molecular formula is C13H10ClF3N2. The fraction of sp³-hybridized carbons (Fsp3) is 0.385. The Labute approximate surface area is 112 Å². The van der Waals surface area contributed by atoms with E-state index in [4.69, 9.17) is 11.6 Å². The van der Waals surface area contributed by atoms with Crippen molar-refractivity contribution in [3.63, 3.8) is 0 Å². The van der Waals surface area contributed by atoms with Gasteiger partial charge in [-0.2, -0.15) is 13.2 Å². The summed E-state index contributed by atoms with van der Waals surface area (Å²) in [4.78, 5) is 7.91. The van der Waals surface area contributed by atoms with Gasteiger partial charge in [-0.05, 0) is 30.5 Å². The summed E-state index contributed by atoms with van der Waals surface area (Å²) in [6.07, 6.45) is -1.47. The van der Waals surface area contributed by atoms with E-state index in [1.807, 2.05) is 0 Å². The van der Waals surface area contributed by atoms with Crippen molar-refractivity contribution in [1.82, 2.24) is 9.97 Å². The van der Waals surface area contributed by atoms with Crippen LogP contribution in [0.4, 0.5) is 13.2 Å². The summed E-state index contributed by atoms with van der Waals surface area (Å²) >= 11 is 5.78. The van der Waals surface area contributed by atoms with Gasteiger partial charge in [0.15, 0.2) is 0 Å². The Bertz CT molecular complexity index is 636. The molecule has 3 rings (SSSR count). The first-order valence-corrected chi connectivity index (χ1v) is 6.38. The maximum absolute atomic E-state index is 13.0. The Balaban J connectivity index is 2.29. The molecule has 0 N–H and O–H groups in total. The minimum absolute atomic E-state index is 0.100. The van der Waals surface area contributed by atoms with Gasteiger partial charge in [-0.3, -0.25) is 0 Å². The normalized spacial score (nSPS) is 16.6. The van der Waals surface area contributed by atoms with Crippen molar-refractivity contribution in [2.45, 2.75) is 31.4 Å². The van der Waals surface area contributed by atoms with Crippen LogP contribution in [0.2, 0.25) is 5.28 Å². The van der Waals surface area contributed by atoms with Crippen LogP contribution in [-0.2, 0) is 6.18 Å². The van der Waals surface area contributed by atoms with E-state index < -0.39 is 11.7 Å². The van der Waals surface area contributed by atoms with Crippen molar-refractivity contribution in [3.05, 3.63) is 34.7 Å². The van der Waals surface area contributed by atoms with E-state index in [0.717, 1.165) is 25.3 Å². The summed E-state index contributed by atoms with van der Waals surface area (Å²) in [6.45, 7) is 0. The Hall–Kier alpha value is -1.36. The second kappa shape index (κ2) is 4.34. The highest BCUT2D eigenvalue weighted by Gasteiger charge is 2.34. The van der Waals surface area contributed by atoms with Gasteiger partial charge in [-0.1, -0.05) is 18.6 Å². The van der Waals surface area contributed by atoms with Gasteiger partial charge in [0.2, 0.25) is 5.28 Å². The molecule has 1 fully saturated rings. The van der Waals surface area contributed by atoms with E-state index >= 15 is 0 Å². The molecule has 1 aliphatic rings. The highest BCUT2D eigenvalue weighted by molar-refractivity contribution is 6.28. The first-order chi connectivity index (χ1) is 8.97. The molecule has 1 aromatic heterocycles. The lowest BCUT2D eigenvalue weighted by molar-refractivity contribution is -0.136. The molecular weight excluding hydrogens is 277 g/mol. The molecule has 0 aliphatic heterocycles. The molecule has 0 amide bonds. The van der Waals surface area contributed by atoms with Gasteiger partial charge >= 0.3 is 6.18 Å². The van der Waals surface area contributed by atoms with E-state index in [1.165, 1.54) is 6.07 Å². The number of benzene rings is 1. The number of hydrogen-bond donors (Lipinski definition) is 0. The van der Waals surface area contributed by atoms with Gasteiger partial charge < -0.3 is 0 Å². The fourth-order valence-corrected chi connectivity index (χ4v) is 2.54. The minimum Gasteiger partial charge on any atom is -0.222 e. The van der Waals surface area contributed by atoms with Crippen molar-refractivity contribution in [3.8, 4) is 0 Å². The smallest absolute Gasteiger partial charge is 0.222 e. The van der Waals surface area contributed by atoms with E-state index in [9.17, 15) is 13.2 Å². The number of alkyl halides is 3. The number of halogens is 4. The third-order valence-electron chi connectivity index (χ3n) is 3.53. The Morgan fingerprint density at radius 1 is 1.16 bits per heavy atom. The molecule has 0 saturated heterocycles. The summed E-state index contributed by atoms with van der Waals surface area (Å²) in [7, 11) is 0. The highest BCUT2D eigenvalue weighted by atomic mass is 35.5. The molecule has 0 unspecified atom stereocenters. The summed E-state index contributed by atoms with van der Waals surface area (Å²) in [6, 6.07) is 4.05. The molecule has 0 spiro atoms. The van der Waals surface area contributed by atoms with E-state index in [2.05, 4.69) is 9.97 Å². The summed E-state index contributed by atoms with van der Waals surface area (Å²) < 4.78 is 38.9.